The summed E-state index contributed by atoms with van der Waals surface area (Å²) in [5.41, 5.74) is 1.73. The Bertz CT molecular complexity index is 617. The van der Waals surface area contributed by atoms with E-state index in [2.05, 4.69) is 26.2 Å². The highest BCUT2D eigenvalue weighted by atomic mass is 79.9. The second-order valence-corrected chi connectivity index (χ2v) is 5.01. The number of pyridine rings is 1. The molecule has 0 aliphatic rings. The number of hydrogen-bond acceptors (Lipinski definition) is 4. The summed E-state index contributed by atoms with van der Waals surface area (Å²) in [6, 6.07) is 9.59. The maximum absolute atomic E-state index is 10.7. The number of halogens is 1. The van der Waals surface area contributed by atoms with E-state index < -0.39 is 4.92 Å². The molecule has 5 nitrogen and oxygen atoms in total. The summed E-state index contributed by atoms with van der Waals surface area (Å²) in [6.07, 6.45) is 1.28. The molecule has 1 N–H and O–H groups in total. The van der Waals surface area contributed by atoms with Crippen molar-refractivity contribution >= 4 is 27.4 Å². The van der Waals surface area contributed by atoms with Crippen LogP contribution >= 0.6 is 15.9 Å². The van der Waals surface area contributed by atoms with Gasteiger partial charge in [-0.05, 0) is 30.7 Å². The van der Waals surface area contributed by atoms with Crippen LogP contribution < -0.4 is 5.32 Å². The Morgan fingerprint density at radius 3 is 2.84 bits per heavy atom. The first kappa shape index (κ1) is 13.5. The molecule has 0 saturated carbocycles. The monoisotopic (exact) mass is 321 g/mol. The van der Waals surface area contributed by atoms with Crippen molar-refractivity contribution in [3.63, 3.8) is 0 Å². The maximum Gasteiger partial charge on any atom is 0.290 e. The highest BCUT2D eigenvalue weighted by Crippen LogP contribution is 2.19. The van der Waals surface area contributed by atoms with E-state index in [0.717, 1.165) is 10.0 Å². The number of aryl methyl sites for hydroxylation is 1. The number of anilines is 1. The average molecular weight is 322 g/mol. The van der Waals surface area contributed by atoms with Gasteiger partial charge >= 0.3 is 0 Å². The minimum absolute atomic E-state index is 0.0352. The van der Waals surface area contributed by atoms with Gasteiger partial charge in [0.2, 0.25) is 0 Å². The summed E-state index contributed by atoms with van der Waals surface area (Å²) in [5, 5.41) is 13.8. The van der Waals surface area contributed by atoms with E-state index in [1.165, 1.54) is 6.20 Å². The van der Waals surface area contributed by atoms with Crippen LogP contribution in [-0.4, -0.2) is 9.91 Å². The van der Waals surface area contributed by atoms with Gasteiger partial charge < -0.3 is 5.32 Å². The van der Waals surface area contributed by atoms with Gasteiger partial charge in [0.25, 0.3) is 5.69 Å². The fourth-order valence-corrected chi connectivity index (χ4v) is 2.12. The average Bonchev–Trinajstić information content (AvgIpc) is 2.36. The van der Waals surface area contributed by atoms with Gasteiger partial charge in [-0.25, -0.2) is 4.98 Å². The van der Waals surface area contributed by atoms with Crippen molar-refractivity contribution in [2.24, 2.45) is 0 Å². The van der Waals surface area contributed by atoms with Crippen molar-refractivity contribution < 1.29 is 4.92 Å². The molecule has 0 radical (unpaired) electrons. The first-order valence-electron chi connectivity index (χ1n) is 5.65. The number of rotatable bonds is 4. The Morgan fingerprint density at radius 2 is 2.21 bits per heavy atom. The lowest BCUT2D eigenvalue weighted by atomic mass is 10.2. The first-order chi connectivity index (χ1) is 9.06. The van der Waals surface area contributed by atoms with E-state index >= 15 is 0 Å². The molecule has 0 bridgehead atoms. The number of nitro groups is 1. The molecule has 0 fully saturated rings. The van der Waals surface area contributed by atoms with Crippen LogP contribution in [0.3, 0.4) is 0 Å². The predicted molar refractivity (Wildman–Crippen MR) is 77.1 cm³/mol. The third kappa shape index (κ3) is 3.51. The lowest BCUT2D eigenvalue weighted by Crippen LogP contribution is -2.02. The van der Waals surface area contributed by atoms with Crippen LogP contribution in [0.15, 0.2) is 41.0 Å². The van der Waals surface area contributed by atoms with E-state index in [0.29, 0.717) is 17.9 Å². The number of nitrogens with zero attached hydrogens (tertiary/aromatic N) is 2. The number of hydrogen-bond donors (Lipinski definition) is 1. The standard InChI is InChI=1S/C13H12BrN3O2/c1-9-5-13(16-8-12(9)17(18)19)15-7-10-3-2-4-11(14)6-10/h2-6,8H,7H2,1H3,(H,15,16). The molecule has 0 amide bonds. The van der Waals surface area contributed by atoms with Crippen molar-refractivity contribution in [3.8, 4) is 0 Å². The lowest BCUT2D eigenvalue weighted by molar-refractivity contribution is -0.385. The van der Waals surface area contributed by atoms with E-state index in [1.54, 1.807) is 13.0 Å². The molecule has 0 atom stereocenters. The fourth-order valence-electron chi connectivity index (χ4n) is 1.68. The summed E-state index contributed by atoms with van der Waals surface area (Å²) in [5.74, 6) is 0.628. The second-order valence-electron chi connectivity index (χ2n) is 4.10. The molecule has 6 heteroatoms. The predicted octanol–water partition coefficient (Wildman–Crippen LogP) is 3.67. The molecule has 2 aromatic rings. The van der Waals surface area contributed by atoms with Crippen molar-refractivity contribution in [1.29, 1.82) is 0 Å². The van der Waals surface area contributed by atoms with Gasteiger partial charge in [0, 0.05) is 16.6 Å². The van der Waals surface area contributed by atoms with Gasteiger partial charge in [-0.1, -0.05) is 28.1 Å². The van der Waals surface area contributed by atoms with Gasteiger partial charge in [-0.3, -0.25) is 10.1 Å². The van der Waals surface area contributed by atoms with Crippen LogP contribution in [-0.2, 0) is 6.54 Å². The summed E-state index contributed by atoms with van der Waals surface area (Å²) in [7, 11) is 0. The van der Waals surface area contributed by atoms with E-state index in [-0.39, 0.29) is 5.69 Å². The van der Waals surface area contributed by atoms with E-state index in [9.17, 15) is 10.1 Å². The smallest absolute Gasteiger partial charge is 0.290 e. The Hall–Kier alpha value is -1.95. The summed E-state index contributed by atoms with van der Waals surface area (Å²) < 4.78 is 1.01. The zero-order valence-corrected chi connectivity index (χ0v) is 11.8. The first-order valence-corrected chi connectivity index (χ1v) is 6.45. The van der Waals surface area contributed by atoms with Gasteiger partial charge in [-0.15, -0.1) is 0 Å². The van der Waals surface area contributed by atoms with E-state index in [1.807, 2.05) is 24.3 Å². The Balaban J connectivity index is 2.08. The van der Waals surface area contributed by atoms with Crippen LogP contribution in [0.25, 0.3) is 0 Å². The largest absolute Gasteiger partial charge is 0.366 e. The zero-order chi connectivity index (χ0) is 13.8. The lowest BCUT2D eigenvalue weighted by Gasteiger charge is -2.07. The molecule has 0 spiro atoms. The molecular formula is C13H12BrN3O2. The van der Waals surface area contributed by atoms with Crippen molar-refractivity contribution in [1.82, 2.24) is 4.98 Å². The maximum atomic E-state index is 10.7. The third-order valence-corrected chi connectivity index (χ3v) is 3.14. The normalized spacial score (nSPS) is 10.2. The fraction of sp³-hybridized carbons (Fsp3) is 0.154. The highest BCUT2D eigenvalue weighted by molar-refractivity contribution is 9.10. The van der Waals surface area contributed by atoms with Crippen molar-refractivity contribution in [3.05, 3.63) is 62.2 Å². The molecule has 98 valence electrons. The summed E-state index contributed by atoms with van der Waals surface area (Å²) in [4.78, 5) is 14.3. The molecular weight excluding hydrogens is 310 g/mol. The van der Waals surface area contributed by atoms with Crippen LogP contribution in [0.4, 0.5) is 11.5 Å². The number of benzene rings is 1. The molecule has 0 aliphatic heterocycles. The SMILES string of the molecule is Cc1cc(NCc2cccc(Br)c2)ncc1[N+](=O)[O-]. The summed E-state index contributed by atoms with van der Waals surface area (Å²) >= 11 is 3.41. The quantitative estimate of drug-likeness (QED) is 0.689. The number of aromatic nitrogens is 1. The third-order valence-electron chi connectivity index (χ3n) is 2.64. The van der Waals surface area contributed by atoms with Crippen LogP contribution in [0, 0.1) is 17.0 Å². The van der Waals surface area contributed by atoms with Gasteiger partial charge in [0.1, 0.15) is 12.0 Å². The Labute approximate surface area is 119 Å². The topological polar surface area (TPSA) is 68.1 Å². The van der Waals surface area contributed by atoms with Gasteiger partial charge in [0.05, 0.1) is 4.92 Å². The molecule has 1 heterocycles. The van der Waals surface area contributed by atoms with Crippen LogP contribution in [0.1, 0.15) is 11.1 Å². The minimum atomic E-state index is -0.430. The van der Waals surface area contributed by atoms with Crippen molar-refractivity contribution in [2.75, 3.05) is 5.32 Å². The molecule has 0 unspecified atom stereocenters. The van der Waals surface area contributed by atoms with Crippen LogP contribution in [0.2, 0.25) is 0 Å². The highest BCUT2D eigenvalue weighted by Gasteiger charge is 2.11. The molecule has 1 aromatic heterocycles. The molecule has 0 saturated heterocycles. The van der Waals surface area contributed by atoms with Crippen molar-refractivity contribution in [2.45, 2.75) is 13.5 Å². The summed E-state index contributed by atoms with van der Waals surface area (Å²) in [6.45, 7) is 2.31. The van der Waals surface area contributed by atoms with E-state index in [4.69, 9.17) is 0 Å². The van der Waals surface area contributed by atoms with Gasteiger partial charge in [-0.2, -0.15) is 0 Å². The van der Waals surface area contributed by atoms with Gasteiger partial charge in [0.15, 0.2) is 0 Å². The Kier molecular flexibility index (Phi) is 4.11. The number of nitrogens with one attached hydrogen (secondary N) is 1. The Morgan fingerprint density at radius 1 is 1.42 bits per heavy atom. The minimum Gasteiger partial charge on any atom is -0.366 e. The van der Waals surface area contributed by atoms with Crippen LogP contribution in [0.5, 0.6) is 0 Å². The molecule has 1 aromatic carbocycles. The molecule has 2 rings (SSSR count). The zero-order valence-electron chi connectivity index (χ0n) is 10.3. The second kappa shape index (κ2) is 5.79. The molecule has 19 heavy (non-hydrogen) atoms. The molecule has 0 aliphatic carbocycles.